The van der Waals surface area contributed by atoms with Crippen molar-refractivity contribution < 1.29 is 8.76 Å². The number of rotatable bonds is 2. The zero-order chi connectivity index (χ0) is 13.8. The summed E-state index contributed by atoms with van der Waals surface area (Å²) >= 11 is -2.10. The third-order valence-corrected chi connectivity index (χ3v) is 4.44. The van der Waals surface area contributed by atoms with Crippen LogP contribution in [-0.4, -0.2) is 8.76 Å². The van der Waals surface area contributed by atoms with Crippen molar-refractivity contribution in [1.82, 2.24) is 0 Å². The van der Waals surface area contributed by atoms with E-state index in [1.165, 1.54) is 19.3 Å². The Labute approximate surface area is 116 Å². The fourth-order valence-electron chi connectivity index (χ4n) is 2.80. The molecule has 1 aliphatic carbocycles. The fourth-order valence-corrected chi connectivity index (χ4v) is 3.32. The Bertz CT molecular complexity index is 584. The van der Waals surface area contributed by atoms with Gasteiger partial charge in [-0.2, -0.15) is 0 Å². The molecule has 0 amide bonds. The molecule has 0 aromatic heterocycles. The van der Waals surface area contributed by atoms with Gasteiger partial charge in [0.15, 0.2) is 11.1 Å². The first-order chi connectivity index (χ1) is 9.19. The first-order valence-corrected chi connectivity index (χ1v) is 7.50. The molecule has 1 fully saturated rings. The summed E-state index contributed by atoms with van der Waals surface area (Å²) in [7, 11) is 0. The van der Waals surface area contributed by atoms with Gasteiger partial charge in [0.2, 0.25) is 0 Å². The molecule has 19 heavy (non-hydrogen) atoms. The van der Waals surface area contributed by atoms with Gasteiger partial charge in [-0.25, -0.2) is 4.21 Å². The van der Waals surface area contributed by atoms with Gasteiger partial charge in [-0.05, 0) is 30.4 Å². The average Bonchev–Trinajstić information content (AvgIpc) is 2.46. The molecule has 1 saturated carbocycles. The van der Waals surface area contributed by atoms with Gasteiger partial charge in [-0.3, -0.25) is 0 Å². The number of benzene rings is 1. The minimum Gasteiger partial charge on any atom is -0.302 e. The maximum Gasteiger partial charge on any atom is 0.187 e. The van der Waals surface area contributed by atoms with Crippen LogP contribution in [0.2, 0.25) is 0 Å². The van der Waals surface area contributed by atoms with E-state index in [0.29, 0.717) is 17.0 Å². The molecule has 0 aliphatic heterocycles. The minimum absolute atomic E-state index is 0.231. The van der Waals surface area contributed by atoms with E-state index in [1.54, 1.807) is 6.07 Å². The van der Waals surface area contributed by atoms with Crippen LogP contribution >= 0.6 is 0 Å². The predicted octanol–water partition coefficient (Wildman–Crippen LogP) is 3.28. The summed E-state index contributed by atoms with van der Waals surface area (Å²) in [6, 6.07) is 3.51. The van der Waals surface area contributed by atoms with Crippen molar-refractivity contribution in [2.24, 2.45) is 0 Å². The van der Waals surface area contributed by atoms with E-state index in [4.69, 9.17) is 12.8 Å². The molecule has 2 rings (SSSR count). The Morgan fingerprint density at radius 1 is 1.11 bits per heavy atom. The topological polar surface area (TPSA) is 37.3 Å². The highest BCUT2D eigenvalue weighted by Crippen LogP contribution is 2.36. The standard InChI is InChI=1S/C16H16O2S/c1-3-13-14(4-2)16(19(17)18)11-10-15(13)12-8-6-5-7-9-12/h1-2,10-12H,5-9H2,(H,17,18). The molecule has 1 N–H and O–H groups in total. The van der Waals surface area contributed by atoms with Gasteiger partial charge >= 0.3 is 0 Å². The van der Waals surface area contributed by atoms with Crippen LogP contribution in [0.1, 0.15) is 54.7 Å². The summed E-state index contributed by atoms with van der Waals surface area (Å²) in [6.45, 7) is 0. The molecule has 0 spiro atoms. The highest BCUT2D eigenvalue weighted by atomic mass is 32.2. The van der Waals surface area contributed by atoms with E-state index < -0.39 is 11.1 Å². The zero-order valence-electron chi connectivity index (χ0n) is 10.7. The second-order valence-corrected chi connectivity index (χ2v) is 5.71. The maximum absolute atomic E-state index is 11.3. The Kier molecular flexibility index (Phi) is 4.43. The first-order valence-electron chi connectivity index (χ1n) is 6.40. The van der Waals surface area contributed by atoms with Crippen molar-refractivity contribution in [3.63, 3.8) is 0 Å². The molecule has 3 heteroatoms. The van der Waals surface area contributed by atoms with Gasteiger partial charge in [-0.1, -0.05) is 37.2 Å². The molecule has 1 atom stereocenters. The van der Waals surface area contributed by atoms with Crippen LogP contribution in [0.5, 0.6) is 0 Å². The van der Waals surface area contributed by atoms with E-state index in [2.05, 4.69) is 11.8 Å². The lowest BCUT2D eigenvalue weighted by atomic mass is 9.81. The largest absolute Gasteiger partial charge is 0.302 e. The Hall–Kier alpha value is -1.55. The monoisotopic (exact) mass is 272 g/mol. The number of hydrogen-bond acceptors (Lipinski definition) is 1. The van der Waals surface area contributed by atoms with Crippen molar-refractivity contribution in [2.75, 3.05) is 0 Å². The van der Waals surface area contributed by atoms with Gasteiger partial charge in [0.1, 0.15) is 0 Å². The van der Waals surface area contributed by atoms with Crippen molar-refractivity contribution in [2.45, 2.75) is 42.9 Å². The quantitative estimate of drug-likeness (QED) is 0.662. The van der Waals surface area contributed by atoms with Gasteiger partial charge in [0, 0.05) is 5.56 Å². The molecule has 2 nitrogen and oxygen atoms in total. The summed E-state index contributed by atoms with van der Waals surface area (Å²) in [5, 5.41) is 0. The third-order valence-electron chi connectivity index (χ3n) is 3.72. The summed E-state index contributed by atoms with van der Waals surface area (Å²) in [6.07, 6.45) is 16.9. The van der Waals surface area contributed by atoms with Crippen LogP contribution in [-0.2, 0) is 11.1 Å². The van der Waals surface area contributed by atoms with Crippen molar-refractivity contribution in [1.29, 1.82) is 0 Å². The van der Waals surface area contributed by atoms with Crippen LogP contribution in [0, 0.1) is 24.7 Å². The molecule has 0 heterocycles. The normalized spacial score (nSPS) is 17.4. The number of hydrogen-bond donors (Lipinski definition) is 1. The fraction of sp³-hybridized carbons (Fsp3) is 0.375. The van der Waals surface area contributed by atoms with Gasteiger partial charge < -0.3 is 4.55 Å². The van der Waals surface area contributed by atoms with Crippen LogP contribution in [0.4, 0.5) is 0 Å². The third kappa shape index (κ3) is 2.73. The van der Waals surface area contributed by atoms with Crippen LogP contribution in [0.25, 0.3) is 0 Å². The smallest absolute Gasteiger partial charge is 0.187 e. The molecule has 1 aliphatic rings. The first kappa shape index (κ1) is 13.9. The molecule has 0 bridgehead atoms. The van der Waals surface area contributed by atoms with Crippen LogP contribution in [0.15, 0.2) is 17.0 Å². The van der Waals surface area contributed by atoms with Crippen molar-refractivity contribution >= 4 is 11.1 Å². The second kappa shape index (κ2) is 6.06. The summed E-state index contributed by atoms with van der Waals surface area (Å²) in [5.74, 6) is 5.52. The van der Waals surface area contributed by atoms with E-state index in [0.717, 1.165) is 18.4 Å². The van der Waals surface area contributed by atoms with Crippen molar-refractivity contribution in [3.05, 3.63) is 28.8 Å². The molecular formula is C16H16O2S. The molecular weight excluding hydrogens is 256 g/mol. The van der Waals surface area contributed by atoms with Crippen LogP contribution < -0.4 is 0 Å². The molecule has 98 valence electrons. The summed E-state index contributed by atoms with van der Waals surface area (Å²) in [4.78, 5) is 0.231. The highest BCUT2D eigenvalue weighted by Gasteiger charge is 2.21. The summed E-state index contributed by atoms with van der Waals surface area (Å²) in [5.41, 5.74) is 2.07. The zero-order valence-corrected chi connectivity index (χ0v) is 11.5. The molecule has 0 radical (unpaired) electrons. The van der Waals surface area contributed by atoms with Gasteiger partial charge in [0.25, 0.3) is 0 Å². The minimum atomic E-state index is -2.10. The SMILES string of the molecule is C#Cc1c(C2CCCCC2)ccc(S(=O)O)c1C#C. The second-order valence-electron chi connectivity index (χ2n) is 4.78. The average molecular weight is 272 g/mol. The summed E-state index contributed by atoms with van der Waals surface area (Å²) < 4.78 is 20.5. The van der Waals surface area contributed by atoms with E-state index >= 15 is 0 Å². The Morgan fingerprint density at radius 2 is 1.74 bits per heavy atom. The van der Waals surface area contributed by atoms with E-state index in [1.807, 2.05) is 6.07 Å². The van der Waals surface area contributed by atoms with E-state index in [-0.39, 0.29) is 4.90 Å². The maximum atomic E-state index is 11.3. The molecule has 1 unspecified atom stereocenters. The lowest BCUT2D eigenvalue weighted by Gasteiger charge is -2.24. The van der Waals surface area contributed by atoms with Crippen molar-refractivity contribution in [3.8, 4) is 24.7 Å². The molecule has 1 aromatic rings. The highest BCUT2D eigenvalue weighted by molar-refractivity contribution is 7.79. The Morgan fingerprint density at radius 3 is 2.26 bits per heavy atom. The number of terminal acetylenes is 2. The van der Waals surface area contributed by atoms with Gasteiger partial charge in [-0.15, -0.1) is 12.8 Å². The van der Waals surface area contributed by atoms with E-state index in [9.17, 15) is 8.76 Å². The molecule has 1 aromatic carbocycles. The molecule has 0 saturated heterocycles. The van der Waals surface area contributed by atoms with Crippen LogP contribution in [0.3, 0.4) is 0 Å². The lowest BCUT2D eigenvalue weighted by Crippen LogP contribution is -2.09. The Balaban J connectivity index is 2.55. The lowest BCUT2D eigenvalue weighted by molar-refractivity contribution is 0.443. The predicted molar refractivity (Wildman–Crippen MR) is 77.2 cm³/mol. The van der Waals surface area contributed by atoms with Gasteiger partial charge in [0.05, 0.1) is 10.5 Å².